The largest absolute Gasteiger partial charge is 0.506 e. The van der Waals surface area contributed by atoms with Crippen molar-refractivity contribution in [2.24, 2.45) is 0 Å². The van der Waals surface area contributed by atoms with Crippen LogP contribution in [-0.2, 0) is 0 Å². The van der Waals surface area contributed by atoms with Crippen LogP contribution in [0.25, 0.3) is 21.2 Å². The van der Waals surface area contributed by atoms with Gasteiger partial charge < -0.3 is 14.6 Å². The van der Waals surface area contributed by atoms with E-state index in [0.29, 0.717) is 16.9 Å². The number of ether oxygens (including phenoxy) is 2. The first kappa shape index (κ1) is 12.8. The number of methoxy groups -OCH3 is 2. The van der Waals surface area contributed by atoms with Crippen molar-refractivity contribution >= 4 is 22.1 Å². The number of hydrogen-bond acceptors (Lipinski definition) is 4. The molecule has 0 aliphatic carbocycles. The number of aromatic hydroxyl groups is 1. The van der Waals surface area contributed by atoms with Crippen molar-refractivity contribution in [3.63, 3.8) is 0 Å². The topological polar surface area (TPSA) is 38.7 Å². The quantitative estimate of drug-likeness (QED) is 0.780. The third-order valence-corrected chi connectivity index (χ3v) is 4.21. The third kappa shape index (κ3) is 1.89. The summed E-state index contributed by atoms with van der Waals surface area (Å²) >= 11 is 1.59. The Balaban J connectivity index is 2.36. The molecule has 0 spiro atoms. The lowest BCUT2D eigenvalue weighted by Gasteiger charge is -2.13. The fourth-order valence-corrected chi connectivity index (χ4v) is 3.10. The number of phenols is 1. The third-order valence-electron chi connectivity index (χ3n) is 3.30. The molecule has 3 nitrogen and oxygen atoms in total. The van der Waals surface area contributed by atoms with E-state index in [1.165, 1.54) is 0 Å². The van der Waals surface area contributed by atoms with Crippen molar-refractivity contribution in [3.05, 3.63) is 41.8 Å². The van der Waals surface area contributed by atoms with E-state index in [0.717, 1.165) is 15.8 Å². The van der Waals surface area contributed by atoms with E-state index in [-0.39, 0.29) is 5.75 Å². The van der Waals surface area contributed by atoms with Gasteiger partial charge in [-0.3, -0.25) is 0 Å². The molecule has 3 rings (SSSR count). The molecule has 1 aromatic heterocycles. The highest BCUT2D eigenvalue weighted by atomic mass is 32.1. The Hall–Kier alpha value is -2.20. The van der Waals surface area contributed by atoms with Crippen molar-refractivity contribution in [2.45, 2.75) is 0 Å². The SMILES string of the molecule is COc1ccc(OC)c2c(O)c(-c3cccs3)ccc12. The van der Waals surface area contributed by atoms with Gasteiger partial charge >= 0.3 is 0 Å². The number of rotatable bonds is 3. The van der Waals surface area contributed by atoms with Gasteiger partial charge in [-0.25, -0.2) is 0 Å². The van der Waals surface area contributed by atoms with Crippen LogP contribution in [0.1, 0.15) is 0 Å². The highest BCUT2D eigenvalue weighted by Gasteiger charge is 2.15. The summed E-state index contributed by atoms with van der Waals surface area (Å²) in [4.78, 5) is 1.02. The molecule has 0 unspecified atom stereocenters. The number of phenolic OH excluding ortho intramolecular Hbond substituents is 1. The lowest BCUT2D eigenvalue weighted by atomic mass is 10.0. The lowest BCUT2D eigenvalue weighted by Crippen LogP contribution is -1.90. The highest BCUT2D eigenvalue weighted by molar-refractivity contribution is 7.13. The van der Waals surface area contributed by atoms with Gasteiger partial charge in [-0.2, -0.15) is 0 Å². The van der Waals surface area contributed by atoms with Crippen LogP contribution in [0.5, 0.6) is 17.2 Å². The maximum Gasteiger partial charge on any atom is 0.135 e. The van der Waals surface area contributed by atoms with Crippen LogP contribution < -0.4 is 9.47 Å². The van der Waals surface area contributed by atoms with Crippen molar-refractivity contribution in [2.75, 3.05) is 14.2 Å². The van der Waals surface area contributed by atoms with Crippen LogP contribution in [0.2, 0.25) is 0 Å². The summed E-state index contributed by atoms with van der Waals surface area (Å²) in [6.45, 7) is 0. The predicted molar refractivity (Wildman–Crippen MR) is 82.0 cm³/mol. The molecule has 0 radical (unpaired) electrons. The van der Waals surface area contributed by atoms with E-state index >= 15 is 0 Å². The number of hydrogen-bond donors (Lipinski definition) is 1. The molecular formula is C16H14O3S. The molecule has 0 atom stereocenters. The van der Waals surface area contributed by atoms with Gasteiger partial charge in [0.1, 0.15) is 17.2 Å². The average Bonchev–Trinajstić information content (AvgIpc) is 3.00. The van der Waals surface area contributed by atoms with E-state index in [1.807, 2.05) is 35.7 Å². The summed E-state index contributed by atoms with van der Waals surface area (Å²) in [6, 6.07) is 11.5. The Kier molecular flexibility index (Phi) is 3.24. The Morgan fingerprint density at radius 1 is 0.950 bits per heavy atom. The van der Waals surface area contributed by atoms with E-state index in [1.54, 1.807) is 31.6 Å². The van der Waals surface area contributed by atoms with Crippen LogP contribution in [0.4, 0.5) is 0 Å². The molecule has 102 valence electrons. The van der Waals surface area contributed by atoms with Gasteiger partial charge in [0.15, 0.2) is 0 Å². The second-order valence-electron chi connectivity index (χ2n) is 4.33. The molecule has 0 amide bonds. The highest BCUT2D eigenvalue weighted by Crippen LogP contribution is 2.44. The minimum atomic E-state index is 0.223. The molecule has 0 saturated carbocycles. The van der Waals surface area contributed by atoms with E-state index < -0.39 is 0 Å². The summed E-state index contributed by atoms with van der Waals surface area (Å²) < 4.78 is 10.7. The Morgan fingerprint density at radius 3 is 2.35 bits per heavy atom. The number of benzene rings is 2. The van der Waals surface area contributed by atoms with Gasteiger partial charge in [0.05, 0.1) is 19.6 Å². The Labute approximate surface area is 121 Å². The molecule has 1 N–H and O–H groups in total. The minimum absolute atomic E-state index is 0.223. The number of fused-ring (bicyclic) bond motifs is 1. The zero-order valence-corrected chi connectivity index (χ0v) is 12.0. The first-order valence-electron chi connectivity index (χ1n) is 6.16. The fourth-order valence-electron chi connectivity index (χ4n) is 2.35. The standard InChI is InChI=1S/C16H14O3S/c1-18-12-7-8-13(19-2)15-10(12)5-6-11(16(15)17)14-4-3-9-20-14/h3-9,17H,1-2H3. The molecule has 4 heteroatoms. The van der Waals surface area contributed by atoms with Crippen molar-refractivity contribution in [1.29, 1.82) is 0 Å². The first-order chi connectivity index (χ1) is 9.76. The molecule has 0 fully saturated rings. The average molecular weight is 286 g/mol. The van der Waals surface area contributed by atoms with Gasteiger partial charge in [0.2, 0.25) is 0 Å². The van der Waals surface area contributed by atoms with Gasteiger partial charge in [0, 0.05) is 15.8 Å². The molecule has 2 aromatic carbocycles. The van der Waals surface area contributed by atoms with Crippen LogP contribution in [-0.4, -0.2) is 19.3 Å². The van der Waals surface area contributed by atoms with Gasteiger partial charge in [-0.1, -0.05) is 6.07 Å². The van der Waals surface area contributed by atoms with Crippen molar-refractivity contribution < 1.29 is 14.6 Å². The second-order valence-corrected chi connectivity index (χ2v) is 5.28. The van der Waals surface area contributed by atoms with Crippen LogP contribution >= 0.6 is 11.3 Å². The van der Waals surface area contributed by atoms with Gasteiger partial charge in [-0.05, 0) is 35.7 Å². The maximum absolute atomic E-state index is 10.6. The summed E-state index contributed by atoms with van der Waals surface area (Å²) in [5.74, 6) is 1.58. The Bertz CT molecular complexity index is 748. The molecule has 1 heterocycles. The smallest absolute Gasteiger partial charge is 0.135 e. The lowest BCUT2D eigenvalue weighted by molar-refractivity contribution is 0.408. The van der Waals surface area contributed by atoms with Crippen molar-refractivity contribution in [1.82, 2.24) is 0 Å². The molecule has 3 aromatic rings. The second kappa shape index (κ2) is 5.06. The summed E-state index contributed by atoms with van der Waals surface area (Å²) in [5, 5.41) is 14.1. The van der Waals surface area contributed by atoms with E-state index in [9.17, 15) is 5.11 Å². The maximum atomic E-state index is 10.6. The molecule has 0 aliphatic rings. The van der Waals surface area contributed by atoms with Crippen molar-refractivity contribution in [3.8, 4) is 27.7 Å². The molecule has 0 saturated heterocycles. The van der Waals surface area contributed by atoms with Crippen LogP contribution in [0.15, 0.2) is 41.8 Å². The van der Waals surface area contributed by atoms with E-state index in [4.69, 9.17) is 9.47 Å². The minimum Gasteiger partial charge on any atom is -0.506 e. The van der Waals surface area contributed by atoms with Gasteiger partial charge in [0.25, 0.3) is 0 Å². The first-order valence-corrected chi connectivity index (χ1v) is 7.04. The Morgan fingerprint density at radius 2 is 1.70 bits per heavy atom. The normalized spacial score (nSPS) is 10.7. The van der Waals surface area contributed by atoms with Crippen LogP contribution in [0.3, 0.4) is 0 Å². The molecule has 0 aliphatic heterocycles. The van der Waals surface area contributed by atoms with Crippen LogP contribution in [0, 0.1) is 0 Å². The molecule has 0 bridgehead atoms. The predicted octanol–water partition coefficient (Wildman–Crippen LogP) is 4.29. The summed E-state index contributed by atoms with van der Waals surface area (Å²) in [5.41, 5.74) is 0.805. The monoisotopic (exact) mass is 286 g/mol. The van der Waals surface area contributed by atoms with E-state index in [2.05, 4.69) is 0 Å². The summed E-state index contributed by atoms with van der Waals surface area (Å²) in [6.07, 6.45) is 0. The van der Waals surface area contributed by atoms with Gasteiger partial charge in [-0.15, -0.1) is 11.3 Å². The molecule has 20 heavy (non-hydrogen) atoms. The zero-order valence-electron chi connectivity index (χ0n) is 11.2. The summed E-state index contributed by atoms with van der Waals surface area (Å²) in [7, 11) is 3.21. The fraction of sp³-hybridized carbons (Fsp3) is 0.125. The zero-order chi connectivity index (χ0) is 14.1. The molecular weight excluding hydrogens is 272 g/mol. The number of thiophene rings is 1.